The molecule has 90 valence electrons. The van der Waals surface area contributed by atoms with Crippen LogP contribution in [0.1, 0.15) is 19.5 Å². The lowest BCUT2D eigenvalue weighted by molar-refractivity contribution is 0.652. The van der Waals surface area contributed by atoms with Crippen LogP contribution in [0.15, 0.2) is 6.07 Å². The summed E-state index contributed by atoms with van der Waals surface area (Å²) in [6, 6.07) is 1.94. The number of aryl methyl sites for hydroxylation is 2. The molecular formula is C10H13ClN6. The van der Waals surface area contributed by atoms with Crippen LogP contribution < -0.4 is 5.73 Å². The average molecular weight is 253 g/mol. The summed E-state index contributed by atoms with van der Waals surface area (Å²) in [4.78, 5) is 11.9. The zero-order chi connectivity index (χ0) is 12.4. The van der Waals surface area contributed by atoms with E-state index in [0.29, 0.717) is 5.82 Å². The largest absolute Gasteiger partial charge is 0.368 e. The summed E-state index contributed by atoms with van der Waals surface area (Å²) in [6.07, 6.45) is 0.855. The predicted molar refractivity (Wildman–Crippen MR) is 65.5 cm³/mol. The molecule has 2 aromatic heterocycles. The standard InChI is InChI=1S/C10H13ClN6/c1-3-6-5-7(17(4-2)16-6)8-13-9(11)15-10(12)14-8/h5H,3-4H2,1-2H3,(H2,12,13,14,15). The highest BCUT2D eigenvalue weighted by Crippen LogP contribution is 2.19. The molecule has 2 aromatic rings. The Balaban J connectivity index is 2.54. The molecule has 0 saturated carbocycles. The summed E-state index contributed by atoms with van der Waals surface area (Å²) >= 11 is 5.76. The van der Waals surface area contributed by atoms with E-state index in [0.717, 1.165) is 24.4 Å². The van der Waals surface area contributed by atoms with Gasteiger partial charge < -0.3 is 5.73 Å². The molecule has 6 nitrogen and oxygen atoms in total. The molecule has 2 rings (SSSR count). The number of hydrogen-bond acceptors (Lipinski definition) is 5. The molecule has 0 amide bonds. The average Bonchev–Trinajstić information content (AvgIpc) is 2.70. The van der Waals surface area contributed by atoms with E-state index in [1.165, 1.54) is 0 Å². The smallest absolute Gasteiger partial charge is 0.227 e. The van der Waals surface area contributed by atoms with Gasteiger partial charge in [-0.2, -0.15) is 20.1 Å². The van der Waals surface area contributed by atoms with Crippen LogP contribution >= 0.6 is 11.6 Å². The maximum absolute atomic E-state index is 5.76. The topological polar surface area (TPSA) is 82.5 Å². The first-order chi connectivity index (χ1) is 8.13. The van der Waals surface area contributed by atoms with Crippen LogP contribution in [0, 0.1) is 0 Å². The number of nitrogen functional groups attached to an aromatic ring is 1. The lowest BCUT2D eigenvalue weighted by Gasteiger charge is -2.03. The monoisotopic (exact) mass is 252 g/mol. The molecule has 0 unspecified atom stereocenters. The van der Waals surface area contributed by atoms with Crippen LogP contribution in [0.4, 0.5) is 5.95 Å². The summed E-state index contributed by atoms with van der Waals surface area (Å²) in [6.45, 7) is 4.78. The van der Waals surface area contributed by atoms with Crippen molar-refractivity contribution in [2.24, 2.45) is 0 Å². The number of rotatable bonds is 3. The molecular weight excluding hydrogens is 240 g/mol. The van der Waals surface area contributed by atoms with Gasteiger partial charge in [-0.3, -0.25) is 4.68 Å². The van der Waals surface area contributed by atoms with Crippen LogP contribution in [-0.4, -0.2) is 24.7 Å². The van der Waals surface area contributed by atoms with E-state index in [9.17, 15) is 0 Å². The van der Waals surface area contributed by atoms with Crippen LogP contribution in [0.5, 0.6) is 0 Å². The Morgan fingerprint density at radius 2 is 2.06 bits per heavy atom. The number of nitrogens with zero attached hydrogens (tertiary/aromatic N) is 5. The quantitative estimate of drug-likeness (QED) is 0.896. The van der Waals surface area contributed by atoms with Crippen molar-refractivity contribution in [3.05, 3.63) is 17.0 Å². The third-order valence-electron chi connectivity index (χ3n) is 2.35. The zero-order valence-electron chi connectivity index (χ0n) is 9.68. The highest BCUT2D eigenvalue weighted by atomic mass is 35.5. The first-order valence-electron chi connectivity index (χ1n) is 5.38. The van der Waals surface area contributed by atoms with Crippen molar-refractivity contribution >= 4 is 17.5 Å². The van der Waals surface area contributed by atoms with E-state index in [1.807, 2.05) is 24.6 Å². The first kappa shape index (κ1) is 11.8. The van der Waals surface area contributed by atoms with Crippen LogP contribution in [0.3, 0.4) is 0 Å². The summed E-state index contributed by atoms with van der Waals surface area (Å²) in [7, 11) is 0. The molecule has 2 N–H and O–H groups in total. The maximum atomic E-state index is 5.76. The molecule has 0 bridgehead atoms. The van der Waals surface area contributed by atoms with Crippen LogP contribution in [-0.2, 0) is 13.0 Å². The molecule has 0 aliphatic carbocycles. The summed E-state index contributed by atoms with van der Waals surface area (Å²) in [5.74, 6) is 0.568. The zero-order valence-corrected chi connectivity index (χ0v) is 10.4. The van der Waals surface area contributed by atoms with E-state index in [2.05, 4.69) is 20.1 Å². The molecule has 0 aliphatic heterocycles. The van der Waals surface area contributed by atoms with Gasteiger partial charge in [0.25, 0.3) is 0 Å². The van der Waals surface area contributed by atoms with Crippen LogP contribution in [0.25, 0.3) is 11.5 Å². The fraction of sp³-hybridized carbons (Fsp3) is 0.400. The molecule has 0 saturated heterocycles. The first-order valence-corrected chi connectivity index (χ1v) is 5.76. The fourth-order valence-corrected chi connectivity index (χ4v) is 1.71. The lowest BCUT2D eigenvalue weighted by Crippen LogP contribution is -2.05. The van der Waals surface area contributed by atoms with Crippen molar-refractivity contribution in [2.75, 3.05) is 5.73 Å². The molecule has 17 heavy (non-hydrogen) atoms. The van der Waals surface area contributed by atoms with Crippen molar-refractivity contribution in [2.45, 2.75) is 26.8 Å². The number of halogens is 1. The third kappa shape index (κ3) is 2.36. The van der Waals surface area contributed by atoms with Gasteiger partial charge in [0.2, 0.25) is 11.2 Å². The van der Waals surface area contributed by atoms with Gasteiger partial charge in [0.05, 0.1) is 5.69 Å². The van der Waals surface area contributed by atoms with E-state index >= 15 is 0 Å². The van der Waals surface area contributed by atoms with Gasteiger partial charge in [-0.1, -0.05) is 6.92 Å². The van der Waals surface area contributed by atoms with Crippen molar-refractivity contribution in [1.29, 1.82) is 0 Å². The number of hydrogen-bond donors (Lipinski definition) is 1. The predicted octanol–water partition coefficient (Wildman–Crippen LogP) is 1.55. The Morgan fingerprint density at radius 1 is 1.29 bits per heavy atom. The highest BCUT2D eigenvalue weighted by Gasteiger charge is 2.12. The lowest BCUT2D eigenvalue weighted by atomic mass is 10.3. The van der Waals surface area contributed by atoms with Crippen molar-refractivity contribution < 1.29 is 0 Å². The van der Waals surface area contributed by atoms with Crippen molar-refractivity contribution in [3.63, 3.8) is 0 Å². The van der Waals surface area contributed by atoms with Gasteiger partial charge in [-0.15, -0.1) is 0 Å². The number of nitrogens with two attached hydrogens (primary N) is 1. The number of anilines is 1. The number of aromatic nitrogens is 5. The Bertz CT molecular complexity index is 515. The van der Waals surface area contributed by atoms with Crippen molar-refractivity contribution in [1.82, 2.24) is 24.7 Å². The van der Waals surface area contributed by atoms with E-state index in [-0.39, 0.29) is 11.2 Å². The molecule has 0 spiro atoms. The van der Waals surface area contributed by atoms with Gasteiger partial charge in [0, 0.05) is 6.54 Å². The second-order valence-electron chi connectivity index (χ2n) is 3.48. The summed E-state index contributed by atoms with van der Waals surface area (Å²) in [5, 5.41) is 4.51. The molecule has 2 heterocycles. The van der Waals surface area contributed by atoms with Gasteiger partial charge in [0.1, 0.15) is 5.69 Å². The van der Waals surface area contributed by atoms with Gasteiger partial charge >= 0.3 is 0 Å². The molecule has 0 atom stereocenters. The summed E-state index contributed by atoms with van der Waals surface area (Å²) in [5.41, 5.74) is 7.34. The fourth-order valence-electron chi connectivity index (χ4n) is 1.54. The normalized spacial score (nSPS) is 10.8. The minimum Gasteiger partial charge on any atom is -0.368 e. The second-order valence-corrected chi connectivity index (χ2v) is 3.81. The minimum absolute atomic E-state index is 0.0920. The van der Waals surface area contributed by atoms with Gasteiger partial charge in [0.15, 0.2) is 5.82 Å². The Kier molecular flexibility index (Phi) is 3.23. The highest BCUT2D eigenvalue weighted by molar-refractivity contribution is 6.28. The van der Waals surface area contributed by atoms with E-state index in [4.69, 9.17) is 17.3 Å². The molecule has 0 radical (unpaired) electrons. The van der Waals surface area contributed by atoms with Gasteiger partial charge in [-0.05, 0) is 31.0 Å². The molecule has 0 aromatic carbocycles. The van der Waals surface area contributed by atoms with E-state index < -0.39 is 0 Å². The molecule has 7 heteroatoms. The Morgan fingerprint density at radius 3 is 2.65 bits per heavy atom. The SMILES string of the molecule is CCc1cc(-c2nc(N)nc(Cl)n2)n(CC)n1. The van der Waals surface area contributed by atoms with Crippen molar-refractivity contribution in [3.8, 4) is 11.5 Å². The minimum atomic E-state index is 0.0920. The molecule has 0 aliphatic rings. The third-order valence-corrected chi connectivity index (χ3v) is 2.52. The second kappa shape index (κ2) is 4.67. The Hall–Kier alpha value is -1.69. The Labute approximate surface area is 104 Å². The molecule has 0 fully saturated rings. The maximum Gasteiger partial charge on any atom is 0.227 e. The summed E-state index contributed by atoms with van der Waals surface area (Å²) < 4.78 is 1.82. The van der Waals surface area contributed by atoms with E-state index in [1.54, 1.807) is 0 Å². The van der Waals surface area contributed by atoms with Crippen LogP contribution in [0.2, 0.25) is 5.28 Å². The van der Waals surface area contributed by atoms with Gasteiger partial charge in [-0.25, -0.2) is 0 Å².